The molecule has 0 saturated heterocycles. The molecule has 0 saturated carbocycles. The first-order valence-corrected chi connectivity index (χ1v) is 5.66. The summed E-state index contributed by atoms with van der Waals surface area (Å²) < 4.78 is 4.95. The molecule has 2 aromatic rings. The van der Waals surface area contributed by atoms with Crippen molar-refractivity contribution >= 4 is 12.2 Å². The van der Waals surface area contributed by atoms with Gasteiger partial charge in [0.15, 0.2) is 11.5 Å². The lowest BCUT2D eigenvalue weighted by Crippen LogP contribution is -1.83. The van der Waals surface area contributed by atoms with Crippen LogP contribution in [-0.4, -0.2) is 22.4 Å². The monoisotopic (exact) mass is 258 g/mol. The van der Waals surface area contributed by atoms with Gasteiger partial charge < -0.3 is 20.1 Å². The first-order chi connectivity index (χ1) is 9.08. The molecule has 0 aromatic heterocycles. The number of hydrogen-bond acceptors (Lipinski definition) is 4. The van der Waals surface area contributed by atoms with Crippen molar-refractivity contribution in [2.24, 2.45) is 0 Å². The molecule has 98 valence electrons. The predicted molar refractivity (Wildman–Crippen MR) is 73.4 cm³/mol. The van der Waals surface area contributed by atoms with Crippen LogP contribution in [0.15, 0.2) is 36.4 Å². The molecule has 19 heavy (non-hydrogen) atoms. The van der Waals surface area contributed by atoms with E-state index in [1.807, 2.05) is 0 Å². The van der Waals surface area contributed by atoms with E-state index in [0.29, 0.717) is 11.3 Å². The van der Waals surface area contributed by atoms with Gasteiger partial charge in [-0.3, -0.25) is 0 Å². The zero-order valence-electron chi connectivity index (χ0n) is 10.4. The molecule has 0 radical (unpaired) electrons. The van der Waals surface area contributed by atoms with Gasteiger partial charge in [0.05, 0.1) is 7.11 Å². The van der Waals surface area contributed by atoms with E-state index in [2.05, 4.69) is 0 Å². The van der Waals surface area contributed by atoms with Crippen molar-refractivity contribution in [3.8, 4) is 23.0 Å². The van der Waals surface area contributed by atoms with E-state index in [9.17, 15) is 15.3 Å². The van der Waals surface area contributed by atoms with Crippen molar-refractivity contribution in [1.82, 2.24) is 0 Å². The summed E-state index contributed by atoms with van der Waals surface area (Å²) in [6, 6.07) is 9.33. The molecule has 0 aliphatic carbocycles. The molecule has 0 atom stereocenters. The summed E-state index contributed by atoms with van der Waals surface area (Å²) in [5.74, 6) is 0.463. The van der Waals surface area contributed by atoms with Crippen molar-refractivity contribution in [2.45, 2.75) is 0 Å². The van der Waals surface area contributed by atoms with Crippen molar-refractivity contribution in [2.75, 3.05) is 7.11 Å². The minimum Gasteiger partial charge on any atom is -0.508 e. The molecule has 0 bridgehead atoms. The number of phenols is 3. The first kappa shape index (κ1) is 12.8. The van der Waals surface area contributed by atoms with Gasteiger partial charge in [-0.25, -0.2) is 0 Å². The standard InChI is InChI=1S/C15H14O4/c1-19-15-5-4-10(8-14(15)18)2-3-11-6-12(16)9-13(17)7-11/h2-9,16-18H,1H3. The highest BCUT2D eigenvalue weighted by Crippen LogP contribution is 2.27. The molecule has 0 aliphatic rings. The molecule has 4 heteroatoms. The van der Waals surface area contributed by atoms with Gasteiger partial charge in [-0.2, -0.15) is 0 Å². The average Bonchev–Trinajstić information content (AvgIpc) is 2.35. The molecular formula is C15H14O4. The second-order valence-electron chi connectivity index (χ2n) is 4.05. The minimum atomic E-state index is -0.00257. The van der Waals surface area contributed by atoms with Gasteiger partial charge in [0.2, 0.25) is 0 Å². The van der Waals surface area contributed by atoms with Crippen LogP contribution in [0.2, 0.25) is 0 Å². The van der Waals surface area contributed by atoms with Crippen LogP contribution in [0.5, 0.6) is 23.0 Å². The molecule has 4 nitrogen and oxygen atoms in total. The zero-order valence-corrected chi connectivity index (χ0v) is 10.4. The summed E-state index contributed by atoms with van der Waals surface area (Å²) in [7, 11) is 1.49. The Morgan fingerprint density at radius 1 is 0.842 bits per heavy atom. The fraction of sp³-hybridized carbons (Fsp3) is 0.0667. The van der Waals surface area contributed by atoms with Crippen molar-refractivity contribution in [3.63, 3.8) is 0 Å². The summed E-state index contributed by atoms with van der Waals surface area (Å²) in [5, 5.41) is 28.3. The molecule has 0 spiro atoms. The van der Waals surface area contributed by atoms with Crippen LogP contribution < -0.4 is 4.74 Å². The number of phenolic OH excluding ortho intramolecular Hbond substituents is 3. The molecule has 0 fully saturated rings. The van der Waals surface area contributed by atoms with Gasteiger partial charge in [0.1, 0.15) is 11.5 Å². The summed E-state index contributed by atoms with van der Waals surface area (Å²) in [6.45, 7) is 0. The third kappa shape index (κ3) is 3.19. The van der Waals surface area contributed by atoms with Gasteiger partial charge >= 0.3 is 0 Å². The number of hydrogen-bond donors (Lipinski definition) is 3. The number of methoxy groups -OCH3 is 1. The van der Waals surface area contributed by atoms with Crippen LogP contribution >= 0.6 is 0 Å². The highest BCUT2D eigenvalue weighted by atomic mass is 16.5. The van der Waals surface area contributed by atoms with E-state index < -0.39 is 0 Å². The fourth-order valence-corrected chi connectivity index (χ4v) is 1.72. The summed E-state index contributed by atoms with van der Waals surface area (Å²) in [4.78, 5) is 0. The highest BCUT2D eigenvalue weighted by Gasteiger charge is 2.00. The van der Waals surface area contributed by atoms with Gasteiger partial charge in [-0.05, 0) is 35.4 Å². The van der Waals surface area contributed by atoms with E-state index in [0.717, 1.165) is 5.56 Å². The average molecular weight is 258 g/mol. The van der Waals surface area contributed by atoms with Crippen LogP contribution in [0.3, 0.4) is 0 Å². The fourth-order valence-electron chi connectivity index (χ4n) is 1.72. The predicted octanol–water partition coefficient (Wildman–Crippen LogP) is 2.98. The van der Waals surface area contributed by atoms with E-state index in [-0.39, 0.29) is 17.2 Å². The molecule has 3 N–H and O–H groups in total. The van der Waals surface area contributed by atoms with Gasteiger partial charge in [-0.15, -0.1) is 0 Å². The van der Waals surface area contributed by atoms with Gasteiger partial charge in [0, 0.05) is 6.07 Å². The maximum absolute atomic E-state index is 9.64. The van der Waals surface area contributed by atoms with Crippen LogP contribution in [0.4, 0.5) is 0 Å². The van der Waals surface area contributed by atoms with E-state index in [1.165, 1.54) is 25.3 Å². The largest absolute Gasteiger partial charge is 0.508 e. The summed E-state index contributed by atoms with van der Waals surface area (Å²) in [5.41, 5.74) is 1.44. The Hall–Kier alpha value is -2.62. The van der Waals surface area contributed by atoms with Crippen molar-refractivity contribution < 1.29 is 20.1 Å². The van der Waals surface area contributed by atoms with Gasteiger partial charge in [-0.1, -0.05) is 18.2 Å². The molecular weight excluding hydrogens is 244 g/mol. The topological polar surface area (TPSA) is 69.9 Å². The van der Waals surface area contributed by atoms with E-state index >= 15 is 0 Å². The molecule has 0 heterocycles. The number of rotatable bonds is 3. The smallest absolute Gasteiger partial charge is 0.160 e. The van der Waals surface area contributed by atoms with E-state index in [4.69, 9.17) is 4.74 Å². The highest BCUT2D eigenvalue weighted by molar-refractivity contribution is 5.72. The van der Waals surface area contributed by atoms with Crippen molar-refractivity contribution in [3.05, 3.63) is 47.5 Å². The maximum Gasteiger partial charge on any atom is 0.160 e. The third-order valence-corrected chi connectivity index (χ3v) is 2.60. The Balaban J connectivity index is 2.24. The molecule has 2 rings (SSSR count). The van der Waals surface area contributed by atoms with Crippen LogP contribution in [0.1, 0.15) is 11.1 Å². The quantitative estimate of drug-likeness (QED) is 0.740. The maximum atomic E-state index is 9.64. The SMILES string of the molecule is COc1ccc(C=Cc2cc(O)cc(O)c2)cc1O. The second-order valence-corrected chi connectivity index (χ2v) is 4.05. The number of benzene rings is 2. The Bertz CT molecular complexity index is 597. The van der Waals surface area contributed by atoms with Crippen molar-refractivity contribution in [1.29, 1.82) is 0 Å². The van der Waals surface area contributed by atoms with Crippen LogP contribution in [0.25, 0.3) is 12.2 Å². The molecule has 0 aliphatic heterocycles. The lowest BCUT2D eigenvalue weighted by molar-refractivity contribution is 0.373. The Labute approximate surface area is 110 Å². The van der Waals surface area contributed by atoms with Crippen LogP contribution in [0, 0.1) is 0 Å². The lowest BCUT2D eigenvalue weighted by Gasteiger charge is -2.03. The lowest BCUT2D eigenvalue weighted by atomic mass is 10.1. The molecule has 0 amide bonds. The summed E-state index contributed by atoms with van der Waals surface area (Å²) in [6.07, 6.45) is 3.48. The number of aromatic hydroxyl groups is 3. The van der Waals surface area contributed by atoms with Gasteiger partial charge in [0.25, 0.3) is 0 Å². The second kappa shape index (κ2) is 5.35. The Morgan fingerprint density at radius 3 is 2.05 bits per heavy atom. The van der Waals surface area contributed by atoms with E-state index in [1.54, 1.807) is 30.4 Å². The molecule has 2 aromatic carbocycles. The zero-order chi connectivity index (χ0) is 13.8. The Kier molecular flexibility index (Phi) is 3.61. The number of ether oxygens (including phenoxy) is 1. The van der Waals surface area contributed by atoms with Crippen LogP contribution in [-0.2, 0) is 0 Å². The third-order valence-electron chi connectivity index (χ3n) is 2.60. The normalized spacial score (nSPS) is 10.8. The summed E-state index contributed by atoms with van der Waals surface area (Å²) >= 11 is 0. The minimum absolute atomic E-state index is 0.00257. The Morgan fingerprint density at radius 2 is 1.47 bits per heavy atom. The molecule has 0 unspecified atom stereocenters. The first-order valence-electron chi connectivity index (χ1n) is 5.66.